The first kappa shape index (κ1) is 23.7. The van der Waals surface area contributed by atoms with Gasteiger partial charge in [0.1, 0.15) is 4.90 Å². The predicted octanol–water partition coefficient (Wildman–Crippen LogP) is 2.98. The highest BCUT2D eigenvalue weighted by Gasteiger charge is 2.30. The maximum atomic E-state index is 12.9. The van der Waals surface area contributed by atoms with Crippen LogP contribution in [0.15, 0.2) is 41.3 Å². The van der Waals surface area contributed by atoms with E-state index in [1.807, 2.05) is 0 Å². The minimum atomic E-state index is -4.31. The van der Waals surface area contributed by atoms with Gasteiger partial charge in [-0.1, -0.05) is 23.7 Å². The van der Waals surface area contributed by atoms with Crippen LogP contribution >= 0.6 is 11.6 Å². The lowest BCUT2D eigenvalue weighted by molar-refractivity contribution is 0.0600. The summed E-state index contributed by atoms with van der Waals surface area (Å²) in [6.07, 6.45) is 1.24. The van der Waals surface area contributed by atoms with E-state index < -0.39 is 16.1 Å². The number of piperidine rings is 1. The number of hydrogen-bond acceptors (Lipinski definition) is 7. The van der Waals surface area contributed by atoms with Gasteiger partial charge in [-0.3, -0.25) is 5.41 Å². The molecule has 0 spiro atoms. The summed E-state index contributed by atoms with van der Waals surface area (Å²) in [5.74, 6) is -0.659. The molecule has 32 heavy (non-hydrogen) atoms. The highest BCUT2D eigenvalue weighted by molar-refractivity contribution is 7.87. The number of rotatable bonds is 6. The summed E-state index contributed by atoms with van der Waals surface area (Å²) in [6, 6.07) is 8.78. The molecule has 2 aromatic rings. The molecule has 0 atom stereocenters. The molecule has 0 bridgehead atoms. The minimum absolute atomic E-state index is 0.00594. The van der Waals surface area contributed by atoms with Crippen molar-refractivity contribution in [2.45, 2.75) is 23.7 Å². The molecular weight excluding hydrogens is 458 g/mol. The smallest absolute Gasteiger partial charge is 0.340 e. The second-order valence-electron chi connectivity index (χ2n) is 7.20. The number of hydrogen-bond donors (Lipinski definition) is 2. The van der Waals surface area contributed by atoms with Gasteiger partial charge in [0, 0.05) is 24.7 Å². The summed E-state index contributed by atoms with van der Waals surface area (Å²) < 4.78 is 41.6. The molecule has 0 unspecified atom stereocenters. The van der Waals surface area contributed by atoms with Gasteiger partial charge < -0.3 is 24.3 Å². The van der Waals surface area contributed by atoms with E-state index in [2.05, 4.69) is 0 Å². The van der Waals surface area contributed by atoms with Crippen molar-refractivity contribution in [2.75, 3.05) is 27.3 Å². The number of guanidine groups is 1. The van der Waals surface area contributed by atoms with Crippen LogP contribution in [0.3, 0.4) is 0 Å². The molecule has 172 valence electrons. The van der Waals surface area contributed by atoms with Crippen molar-refractivity contribution in [1.29, 1.82) is 5.41 Å². The molecular formula is C21H24ClN3O6S. The second kappa shape index (κ2) is 9.66. The van der Waals surface area contributed by atoms with E-state index in [1.54, 1.807) is 17.0 Å². The molecule has 0 aromatic heterocycles. The van der Waals surface area contributed by atoms with E-state index in [9.17, 15) is 13.2 Å². The first-order chi connectivity index (χ1) is 15.2. The van der Waals surface area contributed by atoms with Crippen LogP contribution in [0.25, 0.3) is 0 Å². The van der Waals surface area contributed by atoms with Crippen molar-refractivity contribution in [3.05, 3.63) is 52.5 Å². The van der Waals surface area contributed by atoms with Crippen LogP contribution in [0, 0.1) is 5.41 Å². The van der Waals surface area contributed by atoms with Crippen molar-refractivity contribution in [1.82, 2.24) is 4.90 Å². The Kier molecular flexibility index (Phi) is 7.15. The molecule has 1 aliphatic heterocycles. The number of esters is 1. The summed E-state index contributed by atoms with van der Waals surface area (Å²) in [7, 11) is -1.68. The maximum absolute atomic E-state index is 12.9. The zero-order chi connectivity index (χ0) is 23.5. The Morgan fingerprint density at radius 3 is 2.41 bits per heavy atom. The Hall–Kier alpha value is -2.98. The molecule has 0 radical (unpaired) electrons. The van der Waals surface area contributed by atoms with Crippen LogP contribution in [-0.2, 0) is 14.9 Å². The third-order valence-electron chi connectivity index (χ3n) is 5.29. The van der Waals surface area contributed by atoms with Gasteiger partial charge in [0.05, 0.1) is 24.8 Å². The summed E-state index contributed by atoms with van der Waals surface area (Å²) >= 11 is 6.05. The number of methoxy groups -OCH3 is 2. The Balaban J connectivity index is 2.06. The normalized spacial score (nSPS) is 14.7. The number of benzene rings is 2. The van der Waals surface area contributed by atoms with Crippen molar-refractivity contribution in [2.24, 2.45) is 5.73 Å². The lowest BCUT2D eigenvalue weighted by atomic mass is 9.87. The lowest BCUT2D eigenvalue weighted by Gasteiger charge is -2.33. The van der Waals surface area contributed by atoms with Gasteiger partial charge in [-0.25, -0.2) is 4.79 Å². The molecule has 1 heterocycles. The molecule has 1 fully saturated rings. The largest absolute Gasteiger partial charge is 0.492 e. The highest BCUT2D eigenvalue weighted by atomic mass is 35.5. The molecule has 0 aliphatic carbocycles. The first-order valence-electron chi connectivity index (χ1n) is 9.76. The average molecular weight is 482 g/mol. The standard InChI is InChI=1S/C21H24ClN3O6S/c1-29-19-15(13-7-9-25(10-8-13)21(23)24)11-14(20(26)30-2)12-17(19)31-32(27,28)18-6-4-3-5-16(18)22/h3-6,11-13H,7-10H2,1-2H3,(H3,23,24). The first-order valence-corrected chi connectivity index (χ1v) is 11.5. The van der Waals surface area contributed by atoms with E-state index >= 15 is 0 Å². The van der Waals surface area contributed by atoms with Crippen molar-refractivity contribution >= 4 is 33.6 Å². The van der Waals surface area contributed by atoms with E-state index in [-0.39, 0.29) is 38.9 Å². The predicted molar refractivity (Wildman–Crippen MR) is 119 cm³/mol. The second-order valence-corrected chi connectivity index (χ2v) is 9.12. The fourth-order valence-electron chi connectivity index (χ4n) is 3.69. The number of likely N-dealkylation sites (tertiary alicyclic amines) is 1. The fourth-order valence-corrected chi connectivity index (χ4v) is 5.11. The number of nitrogens with one attached hydrogen (secondary N) is 1. The molecule has 0 saturated carbocycles. The Morgan fingerprint density at radius 2 is 1.84 bits per heavy atom. The summed E-state index contributed by atoms with van der Waals surface area (Å²) in [4.78, 5) is 13.8. The number of carbonyl (C=O) groups excluding carboxylic acids is 1. The van der Waals surface area contributed by atoms with Crippen LogP contribution in [0.1, 0.15) is 34.7 Å². The van der Waals surface area contributed by atoms with E-state index in [0.717, 1.165) is 0 Å². The van der Waals surface area contributed by atoms with Crippen molar-refractivity contribution in [3.8, 4) is 11.5 Å². The van der Waals surface area contributed by atoms with Gasteiger partial charge in [0.15, 0.2) is 17.5 Å². The van der Waals surface area contributed by atoms with E-state index in [1.165, 1.54) is 38.5 Å². The van der Waals surface area contributed by atoms with Gasteiger partial charge in [0.25, 0.3) is 0 Å². The zero-order valence-electron chi connectivity index (χ0n) is 17.6. The maximum Gasteiger partial charge on any atom is 0.340 e. The topological polar surface area (TPSA) is 132 Å². The third kappa shape index (κ3) is 4.91. The molecule has 1 aliphatic rings. The molecule has 2 aromatic carbocycles. The molecule has 3 rings (SSSR count). The zero-order valence-corrected chi connectivity index (χ0v) is 19.2. The van der Waals surface area contributed by atoms with Crippen molar-refractivity contribution < 1.29 is 26.9 Å². The van der Waals surface area contributed by atoms with Crippen LogP contribution in [0.4, 0.5) is 0 Å². The molecule has 9 nitrogen and oxygen atoms in total. The SMILES string of the molecule is COC(=O)c1cc(OS(=O)(=O)c2ccccc2Cl)c(OC)c(C2CCN(C(=N)N)CC2)c1. The molecule has 3 N–H and O–H groups in total. The fraction of sp³-hybridized carbons (Fsp3) is 0.333. The van der Waals surface area contributed by atoms with E-state index in [4.69, 9.17) is 36.4 Å². The monoisotopic (exact) mass is 481 g/mol. The van der Waals surface area contributed by atoms with Gasteiger partial charge in [-0.15, -0.1) is 0 Å². The third-order valence-corrected chi connectivity index (χ3v) is 7.03. The summed E-state index contributed by atoms with van der Waals surface area (Å²) in [6.45, 7) is 1.08. The Labute approximate surface area is 191 Å². The lowest BCUT2D eigenvalue weighted by Crippen LogP contribution is -2.41. The Bertz CT molecular complexity index is 1130. The highest BCUT2D eigenvalue weighted by Crippen LogP contribution is 2.42. The van der Waals surface area contributed by atoms with Crippen LogP contribution < -0.4 is 14.7 Å². The number of ether oxygens (including phenoxy) is 2. The quantitative estimate of drug-likeness (QED) is 0.278. The number of halogens is 1. The number of nitrogens with zero attached hydrogens (tertiary/aromatic N) is 1. The van der Waals surface area contributed by atoms with Crippen LogP contribution in [-0.4, -0.2) is 52.6 Å². The molecule has 1 saturated heterocycles. The summed E-state index contributed by atoms with van der Waals surface area (Å²) in [5.41, 5.74) is 6.32. The minimum Gasteiger partial charge on any atom is -0.492 e. The summed E-state index contributed by atoms with van der Waals surface area (Å²) in [5, 5.41) is 7.61. The van der Waals surface area contributed by atoms with E-state index in [0.29, 0.717) is 31.5 Å². The molecule has 11 heteroatoms. The number of carbonyl (C=O) groups is 1. The average Bonchev–Trinajstić information content (AvgIpc) is 2.78. The van der Waals surface area contributed by atoms with Gasteiger partial charge in [-0.05, 0) is 37.0 Å². The van der Waals surface area contributed by atoms with Gasteiger partial charge >= 0.3 is 16.1 Å². The van der Waals surface area contributed by atoms with Gasteiger partial charge in [0.2, 0.25) is 0 Å². The van der Waals surface area contributed by atoms with Crippen LogP contribution in [0.5, 0.6) is 11.5 Å². The van der Waals surface area contributed by atoms with Crippen molar-refractivity contribution in [3.63, 3.8) is 0 Å². The Morgan fingerprint density at radius 1 is 1.19 bits per heavy atom. The number of nitrogens with two attached hydrogens (primary N) is 1. The van der Waals surface area contributed by atoms with Gasteiger partial charge in [-0.2, -0.15) is 8.42 Å². The molecule has 0 amide bonds. The van der Waals surface area contributed by atoms with Crippen LogP contribution in [0.2, 0.25) is 5.02 Å².